The van der Waals surface area contributed by atoms with Gasteiger partial charge in [-0.05, 0) is 56.3 Å². The lowest BCUT2D eigenvalue weighted by molar-refractivity contribution is -0.135. The largest absolute Gasteiger partial charge is 0.353 e. The third-order valence-corrected chi connectivity index (χ3v) is 9.56. The van der Waals surface area contributed by atoms with Gasteiger partial charge in [0.2, 0.25) is 17.7 Å². The number of rotatable bonds is 11. The van der Waals surface area contributed by atoms with Crippen LogP contribution in [0.2, 0.25) is 0 Å². The summed E-state index contributed by atoms with van der Waals surface area (Å²) >= 11 is 0. The molecular weight excluding hydrogens is 450 g/mol. The van der Waals surface area contributed by atoms with Crippen molar-refractivity contribution in [1.82, 2.24) is 16.0 Å². The molecule has 0 aromatic carbocycles. The van der Waals surface area contributed by atoms with Crippen molar-refractivity contribution >= 4 is 17.7 Å². The molecule has 0 radical (unpaired) electrons. The first-order valence-electron chi connectivity index (χ1n) is 15.3. The maximum Gasteiger partial charge on any atom is 0.224 e. The third kappa shape index (κ3) is 8.48. The van der Waals surface area contributed by atoms with Crippen LogP contribution in [0.15, 0.2) is 0 Å². The van der Waals surface area contributed by atoms with E-state index in [-0.39, 0.29) is 48.7 Å². The van der Waals surface area contributed by atoms with E-state index in [0.29, 0.717) is 17.8 Å². The molecule has 0 saturated heterocycles. The summed E-state index contributed by atoms with van der Waals surface area (Å²) in [6.07, 6.45) is 17.0. The van der Waals surface area contributed by atoms with Crippen LogP contribution in [0.25, 0.3) is 0 Å². The Kier molecular flexibility index (Phi) is 12.1. The maximum absolute atomic E-state index is 13.5. The molecule has 3 amide bonds. The minimum Gasteiger partial charge on any atom is -0.353 e. The van der Waals surface area contributed by atoms with E-state index in [1.54, 1.807) is 0 Å². The van der Waals surface area contributed by atoms with Crippen molar-refractivity contribution in [2.75, 3.05) is 0 Å². The number of hydrogen-bond acceptors (Lipinski definition) is 3. The van der Waals surface area contributed by atoms with Gasteiger partial charge < -0.3 is 16.0 Å². The molecule has 206 valence electrons. The third-order valence-electron chi connectivity index (χ3n) is 9.56. The van der Waals surface area contributed by atoms with Gasteiger partial charge in [-0.15, -0.1) is 0 Å². The minimum atomic E-state index is -0.614. The molecule has 36 heavy (non-hydrogen) atoms. The quantitative estimate of drug-likeness (QED) is 0.341. The monoisotopic (exact) mass is 503 g/mol. The Labute approximate surface area is 219 Å². The molecule has 0 aliphatic heterocycles. The molecule has 6 heteroatoms. The van der Waals surface area contributed by atoms with E-state index < -0.39 is 5.92 Å². The van der Waals surface area contributed by atoms with Crippen LogP contribution in [0.5, 0.6) is 0 Å². The molecule has 3 saturated carbocycles. The van der Waals surface area contributed by atoms with E-state index in [9.17, 15) is 14.4 Å². The molecule has 6 unspecified atom stereocenters. The van der Waals surface area contributed by atoms with E-state index in [4.69, 9.17) is 0 Å². The van der Waals surface area contributed by atoms with Gasteiger partial charge in [-0.25, -0.2) is 0 Å². The predicted octanol–water partition coefficient (Wildman–Crippen LogP) is 5.64. The Morgan fingerprint density at radius 3 is 1.25 bits per heavy atom. The fraction of sp³-hybridized carbons (Fsp3) is 0.900. The summed E-state index contributed by atoms with van der Waals surface area (Å²) in [7, 11) is 0. The summed E-state index contributed by atoms with van der Waals surface area (Å²) in [5.74, 6) is 0.646. The number of amides is 3. The predicted molar refractivity (Wildman–Crippen MR) is 145 cm³/mol. The van der Waals surface area contributed by atoms with Crippen molar-refractivity contribution < 1.29 is 14.4 Å². The lowest BCUT2D eigenvalue weighted by Gasteiger charge is -2.34. The molecule has 6 nitrogen and oxygen atoms in total. The number of carbonyl (C=O) groups is 3. The summed E-state index contributed by atoms with van der Waals surface area (Å²) < 4.78 is 0. The standard InChI is InChI=1S/C30H53N3O3/c1-4-21-13-7-10-16-25(21)31-28(34)19-24(30(36)33-27-18-12-9-15-23(27)6-3)20-29(35)32-26-17-11-8-14-22(26)5-2/h21-27H,4-20H2,1-3H3,(H,31,34)(H,32,35)(H,33,36). The highest BCUT2D eigenvalue weighted by atomic mass is 16.2. The van der Waals surface area contributed by atoms with Gasteiger partial charge in [-0.3, -0.25) is 14.4 Å². The molecular formula is C30H53N3O3. The van der Waals surface area contributed by atoms with Gasteiger partial charge in [0.05, 0.1) is 5.92 Å². The summed E-state index contributed by atoms with van der Waals surface area (Å²) in [6, 6.07) is 0.559. The first-order chi connectivity index (χ1) is 17.4. The molecule has 0 aromatic rings. The molecule has 0 bridgehead atoms. The highest BCUT2D eigenvalue weighted by Crippen LogP contribution is 2.30. The highest BCUT2D eigenvalue weighted by molar-refractivity contribution is 5.90. The van der Waals surface area contributed by atoms with Crippen LogP contribution in [0, 0.1) is 23.7 Å². The SMILES string of the molecule is CCC1CCCCC1NC(=O)CC(CC(=O)NC1CCCCC1CC)C(=O)NC1CCCCC1CC. The fourth-order valence-electron chi connectivity index (χ4n) is 7.20. The Morgan fingerprint density at radius 2 is 0.889 bits per heavy atom. The molecule has 3 fully saturated rings. The molecule has 3 N–H and O–H groups in total. The van der Waals surface area contributed by atoms with Crippen molar-refractivity contribution in [3.8, 4) is 0 Å². The minimum absolute atomic E-state index is 0.0758. The molecule has 3 aliphatic rings. The Hall–Kier alpha value is -1.59. The number of carbonyl (C=O) groups excluding carboxylic acids is 3. The Morgan fingerprint density at radius 1 is 0.556 bits per heavy atom. The topological polar surface area (TPSA) is 87.3 Å². The molecule has 3 aliphatic carbocycles. The average Bonchev–Trinajstić information content (AvgIpc) is 2.89. The second-order valence-electron chi connectivity index (χ2n) is 11.9. The van der Waals surface area contributed by atoms with Crippen LogP contribution in [-0.4, -0.2) is 35.8 Å². The van der Waals surface area contributed by atoms with Crippen LogP contribution < -0.4 is 16.0 Å². The van der Waals surface area contributed by atoms with Gasteiger partial charge in [-0.1, -0.05) is 78.6 Å². The van der Waals surface area contributed by atoms with Gasteiger partial charge in [0.15, 0.2) is 0 Å². The van der Waals surface area contributed by atoms with Gasteiger partial charge in [0.1, 0.15) is 0 Å². The van der Waals surface area contributed by atoms with E-state index in [1.807, 2.05) is 0 Å². The summed E-state index contributed by atoms with van der Waals surface area (Å²) in [6.45, 7) is 6.58. The van der Waals surface area contributed by atoms with Crippen molar-refractivity contribution in [1.29, 1.82) is 0 Å². The number of nitrogens with one attached hydrogen (secondary N) is 3. The van der Waals surface area contributed by atoms with Crippen LogP contribution in [-0.2, 0) is 14.4 Å². The first kappa shape index (κ1) is 29.0. The average molecular weight is 504 g/mol. The zero-order chi connectivity index (χ0) is 25.9. The second kappa shape index (κ2) is 15.0. The van der Waals surface area contributed by atoms with Gasteiger partial charge in [-0.2, -0.15) is 0 Å². The molecule has 0 heterocycles. The zero-order valence-electron chi connectivity index (χ0n) is 23.3. The summed E-state index contributed by atoms with van der Waals surface area (Å²) in [4.78, 5) is 39.8. The Bertz CT molecular complexity index is 672. The van der Waals surface area contributed by atoms with E-state index in [1.165, 1.54) is 19.3 Å². The van der Waals surface area contributed by atoms with Crippen LogP contribution in [0.4, 0.5) is 0 Å². The maximum atomic E-state index is 13.5. The second-order valence-corrected chi connectivity index (χ2v) is 11.9. The van der Waals surface area contributed by atoms with Crippen molar-refractivity contribution in [2.24, 2.45) is 23.7 Å². The van der Waals surface area contributed by atoms with Crippen molar-refractivity contribution in [3.63, 3.8) is 0 Å². The smallest absolute Gasteiger partial charge is 0.224 e. The Balaban J connectivity index is 1.64. The van der Waals surface area contributed by atoms with Crippen LogP contribution in [0.1, 0.15) is 130 Å². The number of hydrogen-bond donors (Lipinski definition) is 3. The highest BCUT2D eigenvalue weighted by Gasteiger charge is 2.33. The van der Waals surface area contributed by atoms with Crippen molar-refractivity contribution in [3.05, 3.63) is 0 Å². The van der Waals surface area contributed by atoms with Gasteiger partial charge >= 0.3 is 0 Å². The van der Waals surface area contributed by atoms with Gasteiger partial charge in [0, 0.05) is 31.0 Å². The molecule has 3 rings (SSSR count). The van der Waals surface area contributed by atoms with E-state index in [0.717, 1.165) is 77.0 Å². The first-order valence-corrected chi connectivity index (χ1v) is 15.3. The molecule has 6 atom stereocenters. The lowest BCUT2D eigenvalue weighted by Crippen LogP contribution is -2.48. The van der Waals surface area contributed by atoms with E-state index in [2.05, 4.69) is 36.7 Å². The zero-order valence-corrected chi connectivity index (χ0v) is 23.3. The van der Waals surface area contributed by atoms with Crippen LogP contribution >= 0.6 is 0 Å². The summed E-state index contributed by atoms with van der Waals surface area (Å²) in [5.41, 5.74) is 0. The fourth-order valence-corrected chi connectivity index (χ4v) is 7.20. The molecule has 0 spiro atoms. The summed E-state index contributed by atoms with van der Waals surface area (Å²) in [5, 5.41) is 9.78. The van der Waals surface area contributed by atoms with Crippen molar-refractivity contribution in [2.45, 2.75) is 148 Å². The molecule has 0 aromatic heterocycles. The lowest BCUT2D eigenvalue weighted by atomic mass is 9.82. The normalized spacial score (nSPS) is 31.8. The van der Waals surface area contributed by atoms with E-state index >= 15 is 0 Å². The van der Waals surface area contributed by atoms with Gasteiger partial charge in [0.25, 0.3) is 0 Å². The van der Waals surface area contributed by atoms with Crippen LogP contribution in [0.3, 0.4) is 0 Å².